The van der Waals surface area contributed by atoms with E-state index in [1.165, 1.54) is 5.69 Å². The Morgan fingerprint density at radius 3 is 2.70 bits per heavy atom. The van der Waals surface area contributed by atoms with Gasteiger partial charge in [-0.05, 0) is 49.8 Å². The summed E-state index contributed by atoms with van der Waals surface area (Å²) in [5.41, 5.74) is 3.50. The van der Waals surface area contributed by atoms with Crippen LogP contribution < -0.4 is 0 Å². The fourth-order valence-corrected chi connectivity index (χ4v) is 3.21. The van der Waals surface area contributed by atoms with Crippen molar-refractivity contribution in [3.8, 4) is 6.07 Å². The molecule has 0 spiro atoms. The van der Waals surface area contributed by atoms with Gasteiger partial charge in [0.25, 0.3) is 5.91 Å². The minimum atomic E-state index is -0.134. The molecule has 2 rings (SSSR count). The first-order valence-electron chi connectivity index (χ1n) is 8.41. The smallest absolute Gasteiger partial charge is 0.264 e. The number of aromatic nitrogens is 1. The third kappa shape index (κ3) is 3.85. The molecule has 0 aromatic carbocycles. The molecule has 1 aliphatic rings. The van der Waals surface area contributed by atoms with Gasteiger partial charge in [0.15, 0.2) is 0 Å². The molecule has 1 amide bonds. The summed E-state index contributed by atoms with van der Waals surface area (Å²) in [5.74, 6) is 0.945. The van der Waals surface area contributed by atoms with Gasteiger partial charge in [-0.15, -0.1) is 0 Å². The third-order valence-electron chi connectivity index (χ3n) is 4.52. The van der Waals surface area contributed by atoms with Crippen molar-refractivity contribution in [2.24, 2.45) is 11.8 Å². The molecule has 124 valence electrons. The lowest BCUT2D eigenvalue weighted by molar-refractivity contribution is -0.125. The van der Waals surface area contributed by atoms with Gasteiger partial charge in [0.1, 0.15) is 11.6 Å². The highest BCUT2D eigenvalue weighted by molar-refractivity contribution is 6.02. The van der Waals surface area contributed by atoms with Crippen LogP contribution in [-0.2, 0) is 11.3 Å². The van der Waals surface area contributed by atoms with Crippen LogP contribution in [-0.4, -0.2) is 28.5 Å². The van der Waals surface area contributed by atoms with Gasteiger partial charge in [-0.25, -0.2) is 0 Å². The van der Waals surface area contributed by atoms with E-state index >= 15 is 0 Å². The van der Waals surface area contributed by atoms with Crippen molar-refractivity contribution in [2.45, 2.75) is 47.6 Å². The summed E-state index contributed by atoms with van der Waals surface area (Å²) in [5, 5.41) is 9.42. The van der Waals surface area contributed by atoms with Crippen molar-refractivity contribution in [3.05, 3.63) is 28.6 Å². The number of hydrogen-bond donors (Lipinski definition) is 0. The average molecular weight is 313 g/mol. The predicted molar refractivity (Wildman–Crippen MR) is 92.7 cm³/mol. The van der Waals surface area contributed by atoms with Crippen LogP contribution in [0.2, 0.25) is 0 Å². The van der Waals surface area contributed by atoms with E-state index in [0.29, 0.717) is 11.8 Å². The molecular formula is C19H27N3O. The quantitative estimate of drug-likeness (QED) is 0.630. The SMILES string of the molecule is Cc1cc(/C=C(/C#N)C(=O)N2CCC(C)C2)c(C)n1CC(C)C. The van der Waals surface area contributed by atoms with Gasteiger partial charge in [-0.3, -0.25) is 4.79 Å². The number of carbonyl (C=O) groups is 1. The lowest BCUT2D eigenvalue weighted by Crippen LogP contribution is -2.29. The maximum absolute atomic E-state index is 12.5. The van der Waals surface area contributed by atoms with E-state index in [-0.39, 0.29) is 11.5 Å². The Bertz CT molecular complexity index is 661. The van der Waals surface area contributed by atoms with E-state index in [4.69, 9.17) is 0 Å². The van der Waals surface area contributed by atoms with Gasteiger partial charge in [0.2, 0.25) is 0 Å². The van der Waals surface area contributed by atoms with E-state index in [1.54, 1.807) is 11.0 Å². The zero-order valence-corrected chi connectivity index (χ0v) is 14.9. The van der Waals surface area contributed by atoms with Crippen LogP contribution in [0.15, 0.2) is 11.6 Å². The van der Waals surface area contributed by atoms with Crippen molar-refractivity contribution >= 4 is 12.0 Å². The first-order chi connectivity index (χ1) is 10.8. The normalized spacial score (nSPS) is 18.6. The molecule has 4 heteroatoms. The van der Waals surface area contributed by atoms with Gasteiger partial charge in [0.05, 0.1) is 0 Å². The minimum Gasteiger partial charge on any atom is -0.348 e. The van der Waals surface area contributed by atoms with E-state index in [9.17, 15) is 10.1 Å². The predicted octanol–water partition coefficient (Wildman–Crippen LogP) is 3.54. The van der Waals surface area contributed by atoms with Crippen molar-refractivity contribution < 1.29 is 4.79 Å². The molecule has 1 saturated heterocycles. The van der Waals surface area contributed by atoms with Crippen LogP contribution in [0.1, 0.15) is 44.1 Å². The third-order valence-corrected chi connectivity index (χ3v) is 4.52. The average Bonchev–Trinajstić information content (AvgIpc) is 3.03. The molecule has 4 nitrogen and oxygen atoms in total. The monoisotopic (exact) mass is 313 g/mol. The standard InChI is InChI=1S/C19H27N3O/c1-13(2)11-22-15(4)8-17(16(22)5)9-18(10-20)19(23)21-7-6-14(3)12-21/h8-9,13-14H,6-7,11-12H2,1-5H3/b18-9-. The number of likely N-dealkylation sites (tertiary alicyclic amines) is 1. The molecule has 2 heterocycles. The lowest BCUT2D eigenvalue weighted by atomic mass is 10.1. The number of carbonyl (C=O) groups excluding carboxylic acids is 1. The summed E-state index contributed by atoms with van der Waals surface area (Å²) in [4.78, 5) is 14.3. The summed E-state index contributed by atoms with van der Waals surface area (Å²) in [6, 6.07) is 4.16. The molecule has 0 aliphatic carbocycles. The Morgan fingerprint density at radius 1 is 1.48 bits per heavy atom. The summed E-state index contributed by atoms with van der Waals surface area (Å²) < 4.78 is 2.26. The van der Waals surface area contributed by atoms with Gasteiger partial charge >= 0.3 is 0 Å². The van der Waals surface area contributed by atoms with E-state index in [1.807, 2.05) is 0 Å². The molecule has 0 bridgehead atoms. The number of rotatable bonds is 4. The summed E-state index contributed by atoms with van der Waals surface area (Å²) in [7, 11) is 0. The molecule has 0 saturated carbocycles. The van der Waals surface area contributed by atoms with Crippen LogP contribution in [0.4, 0.5) is 0 Å². The summed E-state index contributed by atoms with van der Waals surface area (Å²) >= 11 is 0. The molecule has 1 unspecified atom stereocenters. The second-order valence-corrected chi connectivity index (χ2v) is 7.15. The van der Waals surface area contributed by atoms with Gasteiger partial charge in [0, 0.05) is 31.0 Å². The van der Waals surface area contributed by atoms with Crippen LogP contribution in [0.3, 0.4) is 0 Å². The number of nitrogens with zero attached hydrogens (tertiary/aromatic N) is 3. The molecule has 1 fully saturated rings. The maximum atomic E-state index is 12.5. The minimum absolute atomic E-state index is 0.134. The van der Waals surface area contributed by atoms with Crippen LogP contribution in [0, 0.1) is 37.0 Å². The fraction of sp³-hybridized carbons (Fsp3) is 0.579. The second kappa shape index (κ2) is 7.04. The van der Waals surface area contributed by atoms with Crippen molar-refractivity contribution in [3.63, 3.8) is 0 Å². The molecule has 1 aromatic rings. The summed E-state index contributed by atoms with van der Waals surface area (Å²) in [6.45, 7) is 13.1. The molecule has 0 N–H and O–H groups in total. The number of aryl methyl sites for hydroxylation is 1. The number of amides is 1. The van der Waals surface area contributed by atoms with Crippen molar-refractivity contribution in [2.75, 3.05) is 13.1 Å². The van der Waals surface area contributed by atoms with Gasteiger partial charge in [-0.2, -0.15) is 5.26 Å². The highest BCUT2D eigenvalue weighted by Crippen LogP contribution is 2.22. The highest BCUT2D eigenvalue weighted by Gasteiger charge is 2.25. The largest absolute Gasteiger partial charge is 0.348 e. The Morgan fingerprint density at radius 2 is 2.17 bits per heavy atom. The topological polar surface area (TPSA) is 49.0 Å². The van der Waals surface area contributed by atoms with Gasteiger partial charge < -0.3 is 9.47 Å². The zero-order valence-electron chi connectivity index (χ0n) is 14.9. The second-order valence-electron chi connectivity index (χ2n) is 7.15. The van der Waals surface area contributed by atoms with E-state index < -0.39 is 0 Å². The number of nitriles is 1. The lowest BCUT2D eigenvalue weighted by Gasteiger charge is -2.15. The first-order valence-corrected chi connectivity index (χ1v) is 8.41. The highest BCUT2D eigenvalue weighted by atomic mass is 16.2. The molecule has 0 radical (unpaired) electrons. The Balaban J connectivity index is 2.28. The van der Waals surface area contributed by atoms with Gasteiger partial charge in [-0.1, -0.05) is 20.8 Å². The Hall–Kier alpha value is -2.02. The maximum Gasteiger partial charge on any atom is 0.264 e. The Labute approximate surface area is 139 Å². The molecule has 1 atom stereocenters. The van der Waals surface area contributed by atoms with Crippen LogP contribution in [0.25, 0.3) is 6.08 Å². The molecule has 1 aliphatic heterocycles. The molecule has 1 aromatic heterocycles. The first kappa shape index (κ1) is 17.3. The molecular weight excluding hydrogens is 286 g/mol. The van der Waals surface area contributed by atoms with Crippen molar-refractivity contribution in [1.29, 1.82) is 5.26 Å². The van der Waals surface area contributed by atoms with E-state index in [2.05, 4.69) is 51.3 Å². The van der Waals surface area contributed by atoms with Crippen LogP contribution in [0.5, 0.6) is 0 Å². The van der Waals surface area contributed by atoms with Crippen LogP contribution >= 0.6 is 0 Å². The molecule has 23 heavy (non-hydrogen) atoms. The zero-order chi connectivity index (χ0) is 17.1. The van der Waals surface area contributed by atoms with Crippen molar-refractivity contribution in [1.82, 2.24) is 9.47 Å². The Kier molecular flexibility index (Phi) is 5.30. The number of hydrogen-bond acceptors (Lipinski definition) is 2. The summed E-state index contributed by atoms with van der Waals surface area (Å²) in [6.07, 6.45) is 2.78. The fourth-order valence-electron chi connectivity index (χ4n) is 3.21. The van der Waals surface area contributed by atoms with E-state index in [0.717, 1.165) is 37.3 Å².